The minimum atomic E-state index is -0.173. The molecule has 0 aromatic carbocycles. The fourth-order valence-corrected chi connectivity index (χ4v) is 2.06. The lowest BCUT2D eigenvalue weighted by molar-refractivity contribution is 0.0951. The monoisotopic (exact) mass is 253 g/mol. The van der Waals surface area contributed by atoms with Crippen molar-refractivity contribution in [3.63, 3.8) is 0 Å². The molecule has 2 rings (SSSR count). The van der Waals surface area contributed by atoms with Crippen LogP contribution in [0.15, 0.2) is 23.6 Å². The van der Waals surface area contributed by atoms with Gasteiger partial charge < -0.3 is 5.32 Å². The fraction of sp³-hybridized carbons (Fsp3) is 0.200. The van der Waals surface area contributed by atoms with E-state index in [4.69, 9.17) is 0 Å². The molecule has 2 aromatic rings. The Morgan fingerprint density at radius 3 is 3.19 bits per heavy atom. The van der Waals surface area contributed by atoms with E-state index in [1.54, 1.807) is 17.4 Å². The second kappa shape index (κ2) is 5.18. The summed E-state index contributed by atoms with van der Waals surface area (Å²) in [4.78, 5) is 12.6. The van der Waals surface area contributed by atoms with Crippen molar-refractivity contribution in [2.24, 2.45) is 0 Å². The lowest BCUT2D eigenvalue weighted by Gasteiger charge is -1.97. The minimum absolute atomic E-state index is 0.173. The number of aromatic nitrogens is 2. The van der Waals surface area contributed by atoms with E-state index in [-0.39, 0.29) is 5.91 Å². The standard InChI is InChI=1S/C10H11N3OS2/c14-10(11-3-4-15)8-6-7(12-13-8)9-2-1-5-16-9/h1-2,5-6,15H,3-4H2,(H,11,14)(H,12,13). The number of thiol groups is 1. The minimum Gasteiger partial charge on any atom is -0.350 e. The Hall–Kier alpha value is -1.27. The molecule has 2 heterocycles. The van der Waals surface area contributed by atoms with Crippen LogP contribution in [0.1, 0.15) is 10.5 Å². The van der Waals surface area contributed by atoms with Gasteiger partial charge in [-0.15, -0.1) is 11.3 Å². The van der Waals surface area contributed by atoms with Crippen LogP contribution in [-0.4, -0.2) is 28.4 Å². The number of hydrogen-bond donors (Lipinski definition) is 3. The van der Waals surface area contributed by atoms with Crippen molar-refractivity contribution in [1.29, 1.82) is 0 Å². The Bertz CT molecular complexity index is 464. The SMILES string of the molecule is O=C(NCCS)c1cc(-c2cccs2)[nH]n1. The summed E-state index contributed by atoms with van der Waals surface area (Å²) in [7, 11) is 0. The number of amides is 1. The van der Waals surface area contributed by atoms with Crippen molar-refractivity contribution in [2.75, 3.05) is 12.3 Å². The third-order valence-electron chi connectivity index (χ3n) is 1.99. The summed E-state index contributed by atoms with van der Waals surface area (Å²) < 4.78 is 0. The van der Waals surface area contributed by atoms with E-state index < -0.39 is 0 Å². The molecule has 0 fully saturated rings. The first-order valence-electron chi connectivity index (χ1n) is 4.79. The van der Waals surface area contributed by atoms with Gasteiger partial charge in [0.1, 0.15) is 0 Å². The zero-order chi connectivity index (χ0) is 11.4. The lowest BCUT2D eigenvalue weighted by Crippen LogP contribution is -2.25. The summed E-state index contributed by atoms with van der Waals surface area (Å²) in [5.41, 5.74) is 1.27. The largest absolute Gasteiger partial charge is 0.350 e. The second-order valence-corrected chi connectivity index (χ2v) is 4.52. The number of nitrogens with zero attached hydrogens (tertiary/aromatic N) is 1. The number of aromatic amines is 1. The van der Waals surface area contributed by atoms with E-state index in [1.807, 2.05) is 17.5 Å². The second-order valence-electron chi connectivity index (χ2n) is 3.12. The quantitative estimate of drug-likeness (QED) is 0.728. The lowest BCUT2D eigenvalue weighted by atomic mass is 10.3. The first kappa shape index (κ1) is 11.2. The van der Waals surface area contributed by atoms with Gasteiger partial charge in [0.15, 0.2) is 5.69 Å². The van der Waals surface area contributed by atoms with Crippen LogP contribution < -0.4 is 5.32 Å². The number of H-pyrrole nitrogens is 1. The van der Waals surface area contributed by atoms with E-state index >= 15 is 0 Å². The highest BCUT2D eigenvalue weighted by Crippen LogP contribution is 2.22. The van der Waals surface area contributed by atoms with E-state index in [0.29, 0.717) is 18.0 Å². The Morgan fingerprint density at radius 2 is 2.50 bits per heavy atom. The van der Waals surface area contributed by atoms with Crippen LogP contribution in [0.5, 0.6) is 0 Å². The number of hydrogen-bond acceptors (Lipinski definition) is 4. The van der Waals surface area contributed by atoms with Gasteiger partial charge in [0.2, 0.25) is 0 Å². The molecular weight excluding hydrogens is 242 g/mol. The van der Waals surface area contributed by atoms with Gasteiger partial charge in [-0.3, -0.25) is 9.89 Å². The molecule has 16 heavy (non-hydrogen) atoms. The van der Waals surface area contributed by atoms with Crippen LogP contribution in [0.4, 0.5) is 0 Å². The zero-order valence-corrected chi connectivity index (χ0v) is 10.1. The van der Waals surface area contributed by atoms with Gasteiger partial charge in [-0.05, 0) is 17.5 Å². The molecule has 0 spiro atoms. The van der Waals surface area contributed by atoms with Crippen molar-refractivity contribution in [2.45, 2.75) is 0 Å². The molecule has 4 nitrogen and oxygen atoms in total. The topological polar surface area (TPSA) is 57.8 Å². The zero-order valence-electron chi connectivity index (χ0n) is 8.43. The van der Waals surface area contributed by atoms with Crippen LogP contribution in [0.3, 0.4) is 0 Å². The number of nitrogens with one attached hydrogen (secondary N) is 2. The normalized spacial score (nSPS) is 10.3. The van der Waals surface area contributed by atoms with E-state index in [0.717, 1.165) is 10.6 Å². The van der Waals surface area contributed by atoms with Gasteiger partial charge in [-0.2, -0.15) is 17.7 Å². The van der Waals surface area contributed by atoms with Crippen molar-refractivity contribution in [1.82, 2.24) is 15.5 Å². The van der Waals surface area contributed by atoms with Gasteiger partial charge in [-0.1, -0.05) is 6.07 Å². The molecule has 0 saturated carbocycles. The van der Waals surface area contributed by atoms with Gasteiger partial charge in [-0.25, -0.2) is 0 Å². The maximum absolute atomic E-state index is 11.6. The maximum atomic E-state index is 11.6. The van der Waals surface area contributed by atoms with Crippen LogP contribution in [0.25, 0.3) is 10.6 Å². The fourth-order valence-electron chi connectivity index (χ4n) is 1.26. The molecule has 0 bridgehead atoms. The Balaban J connectivity index is 2.11. The molecular formula is C10H11N3OS2. The molecule has 0 saturated heterocycles. The highest BCUT2D eigenvalue weighted by Gasteiger charge is 2.10. The van der Waals surface area contributed by atoms with Crippen molar-refractivity contribution >= 4 is 29.9 Å². The van der Waals surface area contributed by atoms with E-state index in [9.17, 15) is 4.79 Å². The molecule has 0 unspecified atom stereocenters. The van der Waals surface area contributed by atoms with E-state index in [1.165, 1.54) is 0 Å². The van der Waals surface area contributed by atoms with E-state index in [2.05, 4.69) is 28.1 Å². The molecule has 0 aliphatic heterocycles. The van der Waals surface area contributed by atoms with Crippen LogP contribution in [0.2, 0.25) is 0 Å². The van der Waals surface area contributed by atoms with Crippen molar-refractivity contribution in [3.8, 4) is 10.6 Å². The average Bonchev–Trinajstić information content (AvgIpc) is 2.94. The number of carbonyl (C=O) groups excluding carboxylic acids is 1. The summed E-state index contributed by atoms with van der Waals surface area (Å²) in [5.74, 6) is 0.446. The molecule has 6 heteroatoms. The summed E-state index contributed by atoms with van der Waals surface area (Å²) in [6, 6.07) is 5.69. The molecule has 84 valence electrons. The van der Waals surface area contributed by atoms with Crippen LogP contribution >= 0.6 is 24.0 Å². The molecule has 0 aliphatic rings. The first-order valence-corrected chi connectivity index (χ1v) is 6.31. The van der Waals surface area contributed by atoms with Gasteiger partial charge in [0, 0.05) is 12.3 Å². The van der Waals surface area contributed by atoms with Crippen molar-refractivity contribution < 1.29 is 4.79 Å². The van der Waals surface area contributed by atoms with Crippen LogP contribution in [0, 0.1) is 0 Å². The van der Waals surface area contributed by atoms with Gasteiger partial charge in [0.05, 0.1) is 10.6 Å². The Morgan fingerprint density at radius 1 is 1.62 bits per heavy atom. The number of carbonyl (C=O) groups is 1. The van der Waals surface area contributed by atoms with Gasteiger partial charge >= 0.3 is 0 Å². The summed E-state index contributed by atoms with van der Waals surface area (Å²) in [5, 5.41) is 11.5. The molecule has 0 aliphatic carbocycles. The Labute approximate surface area is 102 Å². The molecule has 2 N–H and O–H groups in total. The Kier molecular flexibility index (Phi) is 3.63. The number of thiophene rings is 1. The summed E-state index contributed by atoms with van der Waals surface area (Å²) in [6.45, 7) is 0.545. The first-order chi connectivity index (χ1) is 7.81. The summed E-state index contributed by atoms with van der Waals surface area (Å²) >= 11 is 5.62. The smallest absolute Gasteiger partial charge is 0.271 e. The third-order valence-corrected chi connectivity index (χ3v) is 3.12. The predicted octanol–water partition coefficient (Wildman–Crippen LogP) is 1.80. The highest BCUT2D eigenvalue weighted by molar-refractivity contribution is 7.80. The van der Waals surface area contributed by atoms with Crippen LogP contribution in [-0.2, 0) is 0 Å². The number of rotatable bonds is 4. The van der Waals surface area contributed by atoms with Gasteiger partial charge in [0.25, 0.3) is 5.91 Å². The third kappa shape index (κ3) is 2.45. The maximum Gasteiger partial charge on any atom is 0.271 e. The average molecular weight is 253 g/mol. The molecule has 0 radical (unpaired) electrons. The molecule has 2 aromatic heterocycles. The highest BCUT2D eigenvalue weighted by atomic mass is 32.1. The molecule has 0 atom stereocenters. The molecule has 1 amide bonds. The predicted molar refractivity (Wildman–Crippen MR) is 68.1 cm³/mol. The summed E-state index contributed by atoms with van der Waals surface area (Å²) in [6.07, 6.45) is 0. The van der Waals surface area contributed by atoms with Crippen molar-refractivity contribution in [3.05, 3.63) is 29.3 Å².